The molecule has 1 aromatic heterocycles. The fraction of sp³-hybridized carbons (Fsp3) is 0.211. The van der Waals surface area contributed by atoms with Gasteiger partial charge in [0.1, 0.15) is 12.1 Å². The van der Waals surface area contributed by atoms with Crippen molar-refractivity contribution in [2.45, 2.75) is 24.3 Å². The summed E-state index contributed by atoms with van der Waals surface area (Å²) in [5.41, 5.74) is 0.713. The van der Waals surface area contributed by atoms with Crippen LogP contribution in [0.4, 0.5) is 10.3 Å². The molecule has 10 heteroatoms. The van der Waals surface area contributed by atoms with Crippen LogP contribution in [-0.2, 0) is 21.2 Å². The number of nitrogens with zero attached hydrogens (tertiary/aromatic N) is 3. The van der Waals surface area contributed by atoms with Gasteiger partial charge in [-0.15, -0.1) is 5.10 Å². The van der Waals surface area contributed by atoms with Crippen LogP contribution >= 0.6 is 15.9 Å². The minimum Gasteiger partial charge on any atom is -0.293 e. The van der Waals surface area contributed by atoms with Crippen molar-refractivity contribution in [3.05, 3.63) is 70.7 Å². The molecular formula is C19H18BrFN4O3S. The predicted octanol–water partition coefficient (Wildman–Crippen LogP) is 3.42. The third-order valence-electron chi connectivity index (χ3n) is 3.99. The lowest BCUT2D eigenvalue weighted by Crippen LogP contribution is -2.15. The lowest BCUT2D eigenvalue weighted by molar-refractivity contribution is -0.116. The quantitative estimate of drug-likeness (QED) is 0.532. The molecule has 7 nitrogen and oxygen atoms in total. The van der Waals surface area contributed by atoms with Crippen LogP contribution in [0.1, 0.15) is 18.4 Å². The van der Waals surface area contributed by atoms with E-state index < -0.39 is 9.84 Å². The molecular weight excluding hydrogens is 463 g/mol. The lowest BCUT2D eigenvalue weighted by atomic mass is 10.2. The first kappa shape index (κ1) is 21.1. The number of hydrogen-bond acceptors (Lipinski definition) is 5. The minimum absolute atomic E-state index is 0.0195. The summed E-state index contributed by atoms with van der Waals surface area (Å²) in [6.07, 6.45) is 1.62. The Balaban J connectivity index is 1.49. The van der Waals surface area contributed by atoms with E-state index >= 15 is 0 Å². The number of carbonyl (C=O) groups excluding carboxylic acids is 1. The van der Waals surface area contributed by atoms with E-state index in [4.69, 9.17) is 0 Å². The van der Waals surface area contributed by atoms with Crippen LogP contribution in [0.5, 0.6) is 0 Å². The Kier molecular flexibility index (Phi) is 6.75. The Morgan fingerprint density at radius 2 is 1.97 bits per heavy atom. The molecule has 0 saturated carbocycles. The number of sulfone groups is 1. The third kappa shape index (κ3) is 6.20. The van der Waals surface area contributed by atoms with Gasteiger partial charge in [0.25, 0.3) is 0 Å². The van der Waals surface area contributed by atoms with Gasteiger partial charge in [0.2, 0.25) is 11.9 Å². The van der Waals surface area contributed by atoms with Crippen LogP contribution in [0.3, 0.4) is 0 Å². The largest absolute Gasteiger partial charge is 0.293 e. The fourth-order valence-electron chi connectivity index (χ4n) is 2.64. The van der Waals surface area contributed by atoms with E-state index in [1.807, 2.05) is 0 Å². The van der Waals surface area contributed by atoms with Crippen molar-refractivity contribution in [2.75, 3.05) is 11.1 Å². The summed E-state index contributed by atoms with van der Waals surface area (Å²) in [5.74, 6) is -0.744. The molecule has 0 bridgehead atoms. The summed E-state index contributed by atoms with van der Waals surface area (Å²) in [7, 11) is -3.46. The molecule has 0 aliphatic carbocycles. The summed E-state index contributed by atoms with van der Waals surface area (Å²) in [6.45, 7) is 0.311. The van der Waals surface area contributed by atoms with Gasteiger partial charge < -0.3 is 0 Å². The van der Waals surface area contributed by atoms with Crippen molar-refractivity contribution in [3.63, 3.8) is 0 Å². The van der Waals surface area contributed by atoms with Gasteiger partial charge in [-0.25, -0.2) is 22.5 Å². The summed E-state index contributed by atoms with van der Waals surface area (Å²) < 4.78 is 40.0. The van der Waals surface area contributed by atoms with Crippen molar-refractivity contribution >= 4 is 37.6 Å². The molecule has 0 fully saturated rings. The van der Waals surface area contributed by atoms with Crippen LogP contribution in [0.15, 0.2) is 64.2 Å². The van der Waals surface area contributed by atoms with Crippen LogP contribution in [-0.4, -0.2) is 34.8 Å². The highest BCUT2D eigenvalue weighted by Crippen LogP contribution is 2.18. The fourth-order valence-corrected chi connectivity index (χ4v) is 4.54. The van der Waals surface area contributed by atoms with Crippen molar-refractivity contribution in [1.82, 2.24) is 14.8 Å². The number of amides is 1. The molecule has 3 rings (SSSR count). The van der Waals surface area contributed by atoms with E-state index in [2.05, 4.69) is 31.3 Å². The maximum atomic E-state index is 13.2. The molecule has 0 radical (unpaired) electrons. The Morgan fingerprint density at radius 1 is 1.17 bits per heavy atom. The monoisotopic (exact) mass is 480 g/mol. The van der Waals surface area contributed by atoms with Crippen LogP contribution < -0.4 is 5.32 Å². The zero-order chi connectivity index (χ0) is 20.9. The molecule has 0 spiro atoms. The van der Waals surface area contributed by atoms with Gasteiger partial charge in [0, 0.05) is 10.9 Å². The predicted molar refractivity (Wildman–Crippen MR) is 110 cm³/mol. The summed E-state index contributed by atoms with van der Waals surface area (Å²) in [5, 5.41) is 6.65. The first-order chi connectivity index (χ1) is 13.8. The van der Waals surface area contributed by atoms with Crippen molar-refractivity contribution in [2.24, 2.45) is 0 Å². The van der Waals surface area contributed by atoms with E-state index in [9.17, 15) is 17.6 Å². The van der Waals surface area contributed by atoms with Gasteiger partial charge in [-0.1, -0.05) is 34.1 Å². The zero-order valence-corrected chi connectivity index (χ0v) is 17.7. The average molecular weight is 481 g/mol. The van der Waals surface area contributed by atoms with E-state index in [0.29, 0.717) is 16.6 Å². The maximum absolute atomic E-state index is 13.2. The molecule has 0 aliphatic heterocycles. The number of carbonyl (C=O) groups is 1. The number of aromatic nitrogens is 3. The number of halogens is 2. The number of benzene rings is 2. The molecule has 29 heavy (non-hydrogen) atoms. The smallest absolute Gasteiger partial charge is 0.248 e. The van der Waals surface area contributed by atoms with Crippen molar-refractivity contribution < 1.29 is 17.6 Å². The number of nitrogens with one attached hydrogen (secondary N) is 1. The Hall–Kier alpha value is -2.59. The second kappa shape index (κ2) is 9.27. The lowest BCUT2D eigenvalue weighted by Gasteiger charge is -2.05. The highest BCUT2D eigenvalue weighted by Gasteiger charge is 2.16. The topological polar surface area (TPSA) is 94.0 Å². The average Bonchev–Trinajstić information content (AvgIpc) is 3.08. The molecule has 0 saturated heterocycles. The van der Waals surface area contributed by atoms with Crippen molar-refractivity contribution in [1.29, 1.82) is 0 Å². The Bertz CT molecular complexity index is 1120. The Morgan fingerprint density at radius 3 is 2.72 bits per heavy atom. The summed E-state index contributed by atoms with van der Waals surface area (Å²) >= 11 is 3.25. The third-order valence-corrected chi connectivity index (χ3v) is 6.28. The second-order valence-corrected chi connectivity index (χ2v) is 9.35. The van der Waals surface area contributed by atoms with Crippen LogP contribution in [0.25, 0.3) is 0 Å². The number of rotatable bonds is 8. The molecule has 2 aromatic carbocycles. The number of hydrogen-bond donors (Lipinski definition) is 1. The molecule has 0 unspecified atom stereocenters. The summed E-state index contributed by atoms with van der Waals surface area (Å²) in [4.78, 5) is 16.3. The highest BCUT2D eigenvalue weighted by molar-refractivity contribution is 9.10. The van der Waals surface area contributed by atoms with E-state index in [1.54, 1.807) is 24.3 Å². The highest BCUT2D eigenvalue weighted by atomic mass is 79.9. The minimum atomic E-state index is -3.46. The van der Waals surface area contributed by atoms with Gasteiger partial charge >= 0.3 is 0 Å². The molecule has 3 aromatic rings. The molecule has 152 valence electrons. The van der Waals surface area contributed by atoms with E-state index in [0.717, 1.165) is 0 Å². The maximum Gasteiger partial charge on any atom is 0.248 e. The van der Waals surface area contributed by atoms with E-state index in [-0.39, 0.29) is 41.2 Å². The molecule has 0 atom stereocenters. The number of anilines is 1. The molecule has 1 heterocycles. The van der Waals surface area contributed by atoms with Gasteiger partial charge in [0.05, 0.1) is 17.2 Å². The molecule has 0 aliphatic rings. The summed E-state index contributed by atoms with van der Waals surface area (Å²) in [6, 6.07) is 12.6. The standard InChI is InChI=1S/C19H18BrFN4O3S/c20-15-5-2-7-17(11-15)29(27,28)9-3-8-18(26)23-19-22-13-25(24-19)12-14-4-1-6-16(21)10-14/h1-2,4-7,10-11,13H,3,8-9,12H2,(H,23,24,26). The Labute approximate surface area is 176 Å². The van der Waals surface area contributed by atoms with E-state index in [1.165, 1.54) is 35.3 Å². The first-order valence-corrected chi connectivity index (χ1v) is 11.2. The van der Waals surface area contributed by atoms with Crippen LogP contribution in [0.2, 0.25) is 0 Å². The van der Waals surface area contributed by atoms with Gasteiger partial charge in [-0.3, -0.25) is 10.1 Å². The first-order valence-electron chi connectivity index (χ1n) is 8.74. The molecule has 1 N–H and O–H groups in total. The van der Waals surface area contributed by atoms with Crippen LogP contribution in [0, 0.1) is 5.82 Å². The van der Waals surface area contributed by atoms with Gasteiger partial charge in [-0.2, -0.15) is 0 Å². The van der Waals surface area contributed by atoms with Gasteiger partial charge in [0.15, 0.2) is 9.84 Å². The second-order valence-electron chi connectivity index (χ2n) is 6.32. The van der Waals surface area contributed by atoms with Gasteiger partial charge in [-0.05, 0) is 42.3 Å². The zero-order valence-electron chi connectivity index (χ0n) is 15.3. The molecule has 1 amide bonds. The van der Waals surface area contributed by atoms with Crippen molar-refractivity contribution in [3.8, 4) is 0 Å². The normalized spacial score (nSPS) is 11.4. The SMILES string of the molecule is O=C(CCCS(=O)(=O)c1cccc(Br)c1)Nc1ncn(Cc2cccc(F)c2)n1.